The van der Waals surface area contributed by atoms with Crippen molar-refractivity contribution in [3.63, 3.8) is 0 Å². The van der Waals surface area contributed by atoms with Crippen LogP contribution in [-0.2, 0) is 20.9 Å². The van der Waals surface area contributed by atoms with Crippen molar-refractivity contribution < 1.29 is 23.8 Å². The standard InChI is InChI=1S/C19H25N3O3Si.C13H11N3O2/c1-14-6-7-15(19(23)24-2)10-17(14)18-16(11-20)12-21-22(18)13-25-8-9-26(3,4)5;1-8-3-4-9(13(17)18-2)5-11(8)12-10(6-14)7-15-16-12/h6-7,10,12H,8-9,13H2,1-5H3;3-5,7H,1-2H3,(H,15,16). The van der Waals surface area contributed by atoms with E-state index in [-0.39, 0.29) is 6.73 Å². The molecule has 44 heavy (non-hydrogen) atoms. The second kappa shape index (κ2) is 14.9. The maximum atomic E-state index is 11.9. The molecule has 0 aliphatic carbocycles. The van der Waals surface area contributed by atoms with Gasteiger partial charge in [0.2, 0.25) is 0 Å². The zero-order chi connectivity index (χ0) is 32.4. The molecule has 0 unspecified atom stereocenters. The number of ether oxygens (including phenoxy) is 3. The molecule has 2 heterocycles. The molecule has 0 spiro atoms. The van der Waals surface area contributed by atoms with Crippen LogP contribution in [0.5, 0.6) is 0 Å². The number of nitriles is 2. The molecule has 4 rings (SSSR count). The van der Waals surface area contributed by atoms with E-state index < -0.39 is 20.0 Å². The lowest BCUT2D eigenvalue weighted by molar-refractivity contribution is 0.0592. The average Bonchev–Trinajstić information content (AvgIpc) is 3.65. The molecule has 2 aromatic heterocycles. The Morgan fingerprint density at radius 2 is 1.45 bits per heavy atom. The number of nitrogens with zero attached hydrogens (tertiary/aromatic N) is 5. The Balaban J connectivity index is 0.000000257. The topological polar surface area (TPSA) is 156 Å². The number of hydrogen-bond donors (Lipinski definition) is 1. The number of aromatic amines is 1. The van der Waals surface area contributed by atoms with Crippen LogP contribution in [0.1, 0.15) is 43.0 Å². The molecule has 0 aliphatic rings. The second-order valence-electron chi connectivity index (χ2n) is 11.2. The first-order chi connectivity index (χ1) is 20.9. The molecular formula is C32H36N6O5Si. The summed E-state index contributed by atoms with van der Waals surface area (Å²) in [6, 6.07) is 15.8. The number of esters is 2. The van der Waals surface area contributed by atoms with Crippen LogP contribution >= 0.6 is 0 Å². The van der Waals surface area contributed by atoms with Crippen molar-refractivity contribution in [2.24, 2.45) is 0 Å². The minimum atomic E-state index is -1.17. The number of benzene rings is 2. The van der Waals surface area contributed by atoms with Crippen LogP contribution in [0.4, 0.5) is 0 Å². The maximum absolute atomic E-state index is 11.9. The molecule has 0 amide bonds. The van der Waals surface area contributed by atoms with Gasteiger partial charge in [0.05, 0.1) is 60.3 Å². The molecule has 2 aromatic carbocycles. The van der Waals surface area contributed by atoms with Crippen molar-refractivity contribution in [3.05, 3.63) is 82.2 Å². The van der Waals surface area contributed by atoms with E-state index in [9.17, 15) is 14.9 Å². The Kier molecular flexibility index (Phi) is 11.3. The maximum Gasteiger partial charge on any atom is 0.337 e. The van der Waals surface area contributed by atoms with Gasteiger partial charge in [0.1, 0.15) is 18.9 Å². The highest BCUT2D eigenvalue weighted by Gasteiger charge is 2.18. The molecule has 0 atom stereocenters. The summed E-state index contributed by atoms with van der Waals surface area (Å²) in [5.41, 5.74) is 6.47. The molecule has 4 aromatic rings. The Morgan fingerprint density at radius 1 is 0.886 bits per heavy atom. The number of rotatable bonds is 9. The third-order valence-electron chi connectivity index (χ3n) is 6.77. The lowest BCUT2D eigenvalue weighted by Crippen LogP contribution is -2.22. The van der Waals surface area contributed by atoms with Crippen LogP contribution in [-0.4, -0.2) is 60.8 Å². The summed E-state index contributed by atoms with van der Waals surface area (Å²) in [6.45, 7) is 11.7. The Hall–Kier alpha value is -5.04. The van der Waals surface area contributed by atoms with Crippen molar-refractivity contribution in [2.75, 3.05) is 20.8 Å². The normalized spacial score (nSPS) is 10.7. The van der Waals surface area contributed by atoms with Gasteiger partial charge in [-0.15, -0.1) is 0 Å². The number of methoxy groups -OCH3 is 2. The van der Waals surface area contributed by atoms with Crippen molar-refractivity contribution in [2.45, 2.75) is 46.3 Å². The smallest absolute Gasteiger partial charge is 0.337 e. The monoisotopic (exact) mass is 612 g/mol. The third kappa shape index (κ3) is 8.28. The summed E-state index contributed by atoms with van der Waals surface area (Å²) < 4.78 is 16.9. The van der Waals surface area contributed by atoms with E-state index in [0.717, 1.165) is 28.3 Å². The number of hydrogen-bond acceptors (Lipinski definition) is 9. The van der Waals surface area contributed by atoms with E-state index in [0.29, 0.717) is 40.2 Å². The Bertz CT molecular complexity index is 1720. The summed E-state index contributed by atoms with van der Waals surface area (Å²) in [5, 5.41) is 29.4. The summed E-state index contributed by atoms with van der Waals surface area (Å²) in [5.74, 6) is -0.823. The van der Waals surface area contributed by atoms with Gasteiger partial charge in [-0.1, -0.05) is 31.8 Å². The average molecular weight is 613 g/mol. The van der Waals surface area contributed by atoms with Crippen molar-refractivity contribution in [1.29, 1.82) is 10.5 Å². The summed E-state index contributed by atoms with van der Waals surface area (Å²) in [4.78, 5) is 23.3. The fraction of sp³-hybridized carbons (Fsp3) is 0.312. The third-order valence-corrected chi connectivity index (χ3v) is 8.48. The zero-order valence-corrected chi connectivity index (χ0v) is 27.0. The van der Waals surface area contributed by atoms with Gasteiger partial charge in [0.25, 0.3) is 0 Å². The number of aromatic nitrogens is 4. The van der Waals surface area contributed by atoms with E-state index in [1.807, 2.05) is 26.0 Å². The number of H-pyrrole nitrogens is 1. The van der Waals surface area contributed by atoms with Gasteiger partial charge in [-0.2, -0.15) is 20.7 Å². The molecule has 11 nitrogen and oxygen atoms in total. The number of carbonyl (C=O) groups is 2. The molecule has 12 heteroatoms. The molecule has 0 aliphatic heterocycles. The van der Waals surface area contributed by atoms with Crippen LogP contribution in [0, 0.1) is 36.5 Å². The van der Waals surface area contributed by atoms with Gasteiger partial charge >= 0.3 is 11.9 Å². The molecular weight excluding hydrogens is 576 g/mol. The molecule has 0 saturated heterocycles. The highest BCUT2D eigenvalue weighted by Crippen LogP contribution is 2.29. The predicted octanol–water partition coefficient (Wildman–Crippen LogP) is 5.87. The van der Waals surface area contributed by atoms with Crippen LogP contribution < -0.4 is 0 Å². The van der Waals surface area contributed by atoms with Gasteiger partial charge in [0.15, 0.2) is 0 Å². The van der Waals surface area contributed by atoms with Crippen LogP contribution in [0.2, 0.25) is 25.7 Å². The zero-order valence-electron chi connectivity index (χ0n) is 26.0. The summed E-state index contributed by atoms with van der Waals surface area (Å²) >= 11 is 0. The van der Waals surface area contributed by atoms with Gasteiger partial charge < -0.3 is 14.2 Å². The van der Waals surface area contributed by atoms with Crippen molar-refractivity contribution in [3.8, 4) is 34.7 Å². The van der Waals surface area contributed by atoms with Crippen LogP contribution in [0.25, 0.3) is 22.5 Å². The highest BCUT2D eigenvalue weighted by molar-refractivity contribution is 6.76. The molecule has 1 N–H and O–H groups in total. The van der Waals surface area contributed by atoms with E-state index in [2.05, 4.69) is 51.8 Å². The first-order valence-electron chi connectivity index (χ1n) is 13.8. The predicted molar refractivity (Wildman–Crippen MR) is 167 cm³/mol. The van der Waals surface area contributed by atoms with Gasteiger partial charge in [0, 0.05) is 25.8 Å². The molecule has 0 radical (unpaired) electrons. The molecule has 0 fully saturated rings. The van der Waals surface area contributed by atoms with E-state index >= 15 is 0 Å². The number of carbonyl (C=O) groups excluding carboxylic acids is 2. The number of aryl methyl sites for hydroxylation is 2. The Morgan fingerprint density at radius 3 is 2.00 bits per heavy atom. The fourth-order valence-electron chi connectivity index (χ4n) is 4.21. The Labute approximate surface area is 258 Å². The SMILES string of the molecule is COC(=O)c1ccc(C)c(-c2[nH]ncc2C#N)c1.COC(=O)c1ccc(C)c(-c2c(C#N)cnn2COCC[Si](C)(C)C)c1. The number of nitrogens with one attached hydrogen (secondary N) is 1. The van der Waals surface area contributed by atoms with E-state index in [1.165, 1.54) is 26.6 Å². The van der Waals surface area contributed by atoms with E-state index in [4.69, 9.17) is 14.7 Å². The fourth-order valence-corrected chi connectivity index (χ4v) is 4.97. The van der Waals surface area contributed by atoms with Crippen molar-refractivity contribution >= 4 is 20.0 Å². The molecule has 0 bridgehead atoms. The van der Waals surface area contributed by atoms with E-state index in [1.54, 1.807) is 28.9 Å². The quantitative estimate of drug-likeness (QED) is 0.139. The van der Waals surface area contributed by atoms with Gasteiger partial charge in [-0.3, -0.25) is 5.10 Å². The molecule has 0 saturated carbocycles. The van der Waals surface area contributed by atoms with Crippen LogP contribution in [0.3, 0.4) is 0 Å². The summed E-state index contributed by atoms with van der Waals surface area (Å²) in [7, 11) is 1.51. The second-order valence-corrected chi connectivity index (χ2v) is 16.8. The summed E-state index contributed by atoms with van der Waals surface area (Å²) in [6.07, 6.45) is 2.99. The minimum Gasteiger partial charge on any atom is -0.465 e. The van der Waals surface area contributed by atoms with Gasteiger partial charge in [-0.25, -0.2) is 14.3 Å². The first-order valence-corrected chi connectivity index (χ1v) is 17.5. The largest absolute Gasteiger partial charge is 0.465 e. The highest BCUT2D eigenvalue weighted by atomic mass is 28.3. The first kappa shape index (κ1) is 33.5. The minimum absolute atomic E-state index is 0.267. The molecule has 228 valence electrons. The van der Waals surface area contributed by atoms with Crippen molar-refractivity contribution in [1.82, 2.24) is 20.0 Å². The van der Waals surface area contributed by atoms with Gasteiger partial charge in [-0.05, 0) is 55.3 Å². The lowest BCUT2D eigenvalue weighted by Gasteiger charge is -2.16. The lowest BCUT2D eigenvalue weighted by atomic mass is 10.00. The van der Waals surface area contributed by atoms with Crippen LogP contribution in [0.15, 0.2) is 48.8 Å².